The minimum atomic E-state index is -0.823. The van der Waals surface area contributed by atoms with Crippen LogP contribution in [0.5, 0.6) is 0 Å². The number of aromatic nitrogens is 6. The number of hydrogen-bond acceptors (Lipinski definition) is 18. The predicted octanol–water partition coefficient (Wildman–Crippen LogP) is 12.9. The van der Waals surface area contributed by atoms with Crippen molar-refractivity contribution in [1.29, 1.82) is 0 Å². The highest BCUT2D eigenvalue weighted by Crippen LogP contribution is 2.23. The molecule has 0 aliphatic carbocycles. The molecule has 0 aliphatic heterocycles. The van der Waals surface area contributed by atoms with Gasteiger partial charge in [-0.1, -0.05) is 223 Å². The van der Waals surface area contributed by atoms with Gasteiger partial charge in [-0.25, -0.2) is 9.59 Å². The van der Waals surface area contributed by atoms with Gasteiger partial charge in [0.15, 0.2) is 0 Å². The van der Waals surface area contributed by atoms with Crippen LogP contribution in [0.25, 0.3) is 21.8 Å². The molecule has 0 bridgehead atoms. The number of nitrogens with zero attached hydrogens (tertiary/aromatic N) is 4. The molecule has 32 heteroatoms. The number of amides is 12. The standard InChI is InChI=1S/C45H50N6O6.C32H48N6O4.C26H36N6O4/c52-42(40(26-34-28-48-38-22-12-10-20-36(34)38)50-44(54)56-30-32-16-6-4-7-17-32)46-24-14-2-1-3-15-25-47-43(53)41(27-35-29-49-39-23-13-11-21-37(35)39)51-45(55)57-31-33-18-8-5-9-19-33;1-5-23(3)27(37-29(39)25-13-19-33-20-14-25)31(41)35-17-11-9-7-8-10-12-18-36-32(42)28(24(4)6-2)38-30(40)26-15-21-34-22-16-26;1-5-17(3)21(31-23(33)19-7-11-27-12-8-19)25(35)29-15-16-30-26(36)22(18(4)6-2)32-24(34)20-9-13-28-14-10-20/h4-13,16-23,28-29,40-41,48-49H,1-3,14-15,24-27,30-31H2,(H,46,52)(H,47,53)(H,50,54)(H,51,55);13-16,19-24,27-28H,5-12,17-18H2,1-4H3,(H,35,41)(H,36,42)(H,37,39)(H,38,40);7-14,17-18,21-22H,5-6,15-16H2,1-4H3,(H,29,35)(H,30,36)(H,31,33)(H,32,34)/t;23?,24?,27-,28-;17?,18?,21-,22-/m.00/s1. The highest BCUT2D eigenvalue weighted by molar-refractivity contribution is 6.00. The van der Waals surface area contributed by atoms with Crippen molar-refractivity contribution in [3.8, 4) is 0 Å². The molecule has 12 amide bonds. The first-order valence-electron chi connectivity index (χ1n) is 47.0. The lowest BCUT2D eigenvalue weighted by molar-refractivity contribution is -0.125. The Morgan fingerprint density at radius 2 is 0.533 bits per heavy atom. The molecule has 0 aliphatic rings. The Bertz CT molecular complexity index is 4970. The number of pyridine rings is 4. The summed E-state index contributed by atoms with van der Waals surface area (Å²) in [6.45, 7) is 18.2. The molecular weight excluding hydrogens is 1710 g/mol. The van der Waals surface area contributed by atoms with Crippen molar-refractivity contribution in [3.05, 3.63) is 264 Å². The second-order valence-corrected chi connectivity index (χ2v) is 33.6. The average molecular weight is 1850 g/mol. The van der Waals surface area contributed by atoms with E-state index >= 15 is 0 Å². The summed E-state index contributed by atoms with van der Waals surface area (Å²) in [6, 6.07) is 43.0. The van der Waals surface area contributed by atoms with Gasteiger partial charge in [0.25, 0.3) is 23.6 Å². The van der Waals surface area contributed by atoms with Gasteiger partial charge < -0.3 is 83.2 Å². The lowest BCUT2D eigenvalue weighted by atomic mass is 9.97. The summed E-state index contributed by atoms with van der Waals surface area (Å²) >= 11 is 0. The first kappa shape index (κ1) is 106. The molecular formula is C103H134N18O14. The lowest BCUT2D eigenvalue weighted by Gasteiger charge is -2.25. The molecule has 720 valence electrons. The quantitative estimate of drug-likeness (QED) is 0.0157. The zero-order valence-corrected chi connectivity index (χ0v) is 78.7. The van der Waals surface area contributed by atoms with E-state index in [1.54, 1.807) is 73.3 Å². The van der Waals surface area contributed by atoms with E-state index in [0.29, 0.717) is 74.1 Å². The smallest absolute Gasteiger partial charge is 0.408 e. The summed E-state index contributed by atoms with van der Waals surface area (Å²) in [5.41, 5.74) is 7.26. The third kappa shape index (κ3) is 37.1. The molecule has 10 atom stereocenters. The van der Waals surface area contributed by atoms with Gasteiger partial charge in [0.05, 0.1) is 0 Å². The van der Waals surface area contributed by atoms with Crippen LogP contribution in [0.3, 0.4) is 0 Å². The average Bonchev–Trinajstić information content (AvgIpc) is 1.68. The molecule has 0 spiro atoms. The Balaban J connectivity index is 0.000000257. The van der Waals surface area contributed by atoms with Crippen LogP contribution in [0.15, 0.2) is 220 Å². The number of alkyl carbamates (subject to hydrolysis) is 2. The van der Waals surface area contributed by atoms with Crippen molar-refractivity contribution in [2.45, 2.75) is 214 Å². The monoisotopic (exact) mass is 1850 g/mol. The Kier molecular flexibility index (Phi) is 46.7. The van der Waals surface area contributed by atoms with Crippen LogP contribution >= 0.6 is 0 Å². The summed E-state index contributed by atoms with van der Waals surface area (Å²) in [5.74, 6) is -2.96. The van der Waals surface area contributed by atoms with E-state index in [9.17, 15) is 57.5 Å². The molecule has 6 unspecified atom stereocenters. The molecule has 10 rings (SSSR count). The molecule has 0 saturated heterocycles. The maximum atomic E-state index is 13.4. The first-order valence-corrected chi connectivity index (χ1v) is 47.0. The number of carbonyl (C=O) groups is 12. The topological polar surface area (TPSA) is 451 Å². The minimum absolute atomic E-state index is 0.00873. The lowest BCUT2D eigenvalue weighted by Crippen LogP contribution is -2.53. The second-order valence-electron chi connectivity index (χ2n) is 33.6. The highest BCUT2D eigenvalue weighted by atomic mass is 16.6. The first-order chi connectivity index (χ1) is 65.5. The second kappa shape index (κ2) is 59.3. The van der Waals surface area contributed by atoms with Crippen LogP contribution < -0.4 is 63.8 Å². The van der Waals surface area contributed by atoms with Gasteiger partial charge in [-0.05, 0) is 132 Å². The summed E-state index contributed by atoms with van der Waals surface area (Å²) in [4.78, 5) is 176. The Hall–Kier alpha value is -14.2. The van der Waals surface area contributed by atoms with Crippen molar-refractivity contribution in [3.63, 3.8) is 0 Å². The highest BCUT2D eigenvalue weighted by Gasteiger charge is 2.32. The summed E-state index contributed by atoms with van der Waals surface area (Å²) in [5, 5.41) is 36.4. The Labute approximate surface area is 790 Å². The van der Waals surface area contributed by atoms with E-state index in [-0.39, 0.29) is 109 Å². The van der Waals surface area contributed by atoms with E-state index in [0.717, 1.165) is 128 Å². The molecule has 14 N–H and O–H groups in total. The summed E-state index contributed by atoms with van der Waals surface area (Å²) in [6.07, 6.45) is 28.2. The fourth-order valence-corrected chi connectivity index (χ4v) is 14.6. The Morgan fingerprint density at radius 1 is 0.289 bits per heavy atom. The Morgan fingerprint density at radius 3 is 0.807 bits per heavy atom. The van der Waals surface area contributed by atoms with E-state index in [1.165, 1.54) is 24.8 Å². The van der Waals surface area contributed by atoms with Crippen LogP contribution in [0.2, 0.25) is 0 Å². The van der Waals surface area contributed by atoms with Gasteiger partial charge in [-0.15, -0.1) is 0 Å². The van der Waals surface area contributed by atoms with Gasteiger partial charge in [0, 0.05) is 158 Å². The van der Waals surface area contributed by atoms with Crippen LogP contribution in [0.4, 0.5) is 9.59 Å². The van der Waals surface area contributed by atoms with Crippen molar-refractivity contribution in [1.82, 2.24) is 93.7 Å². The number of hydrogen-bond donors (Lipinski definition) is 14. The van der Waals surface area contributed by atoms with Gasteiger partial charge in [-0.2, -0.15) is 0 Å². The molecule has 135 heavy (non-hydrogen) atoms. The molecule has 6 aromatic heterocycles. The van der Waals surface area contributed by atoms with Gasteiger partial charge in [0.1, 0.15) is 49.5 Å². The molecule has 32 nitrogen and oxygen atoms in total. The van der Waals surface area contributed by atoms with Gasteiger partial charge in [0.2, 0.25) is 35.4 Å². The van der Waals surface area contributed by atoms with Crippen LogP contribution in [0, 0.1) is 23.7 Å². The number of rotatable bonds is 52. The largest absolute Gasteiger partial charge is 0.445 e. The van der Waals surface area contributed by atoms with Gasteiger partial charge >= 0.3 is 12.2 Å². The number of unbranched alkanes of at least 4 members (excludes halogenated alkanes) is 9. The van der Waals surface area contributed by atoms with Crippen molar-refractivity contribution >= 4 is 93.1 Å². The van der Waals surface area contributed by atoms with Gasteiger partial charge in [-0.3, -0.25) is 67.9 Å². The SMILES string of the molecule is CCC(C)[C@H](NC(=O)c1ccncc1)C(=O)NCCCCCCCCNC(=O)[C@@H](NC(=O)c1ccncc1)C(C)CC.CCC(C)[C@H](NC(=O)c1ccncc1)C(=O)NCCNC(=O)[C@@H](NC(=O)c1ccncc1)C(C)CC.O=C(NC(Cc1c[nH]c2ccccc12)C(=O)NCCCCCCCNC(=O)C(Cc1c[nH]c2ccccc12)NC(=O)OCc1ccccc1)OCc1ccccc1. The summed E-state index contributed by atoms with van der Waals surface area (Å²) < 4.78 is 10.8. The third-order valence-electron chi connectivity index (χ3n) is 23.6. The minimum Gasteiger partial charge on any atom is -0.445 e. The molecule has 6 heterocycles. The van der Waals surface area contributed by atoms with Crippen molar-refractivity contribution < 1.29 is 67.0 Å². The zero-order valence-electron chi connectivity index (χ0n) is 78.7. The molecule has 0 fully saturated rings. The number of para-hydroxylation sites is 2. The van der Waals surface area contributed by atoms with E-state index < -0.39 is 48.4 Å². The van der Waals surface area contributed by atoms with E-state index in [2.05, 4.69) is 93.7 Å². The number of benzene rings is 4. The predicted molar refractivity (Wildman–Crippen MR) is 520 cm³/mol. The third-order valence-corrected chi connectivity index (χ3v) is 23.6. The zero-order chi connectivity index (χ0) is 96.9. The number of aromatic amines is 2. The van der Waals surface area contributed by atoms with Crippen molar-refractivity contribution in [2.24, 2.45) is 23.7 Å². The van der Waals surface area contributed by atoms with E-state index in [4.69, 9.17) is 9.47 Å². The van der Waals surface area contributed by atoms with Crippen LogP contribution in [-0.4, -0.2) is 177 Å². The fourth-order valence-electron chi connectivity index (χ4n) is 14.6. The number of nitrogens with one attached hydrogen (secondary N) is 14. The number of fused-ring (bicyclic) bond motifs is 2. The maximum Gasteiger partial charge on any atom is 0.408 e. The number of ether oxygens (including phenoxy) is 2. The fraction of sp³-hybridized carbons (Fsp3) is 0.417. The van der Waals surface area contributed by atoms with Crippen molar-refractivity contribution in [2.75, 3.05) is 39.3 Å². The molecule has 4 aromatic carbocycles. The molecule has 0 radical (unpaired) electrons. The molecule has 10 aromatic rings. The molecule has 0 saturated carbocycles. The maximum absolute atomic E-state index is 13.4. The number of H-pyrrole nitrogens is 2. The number of carbonyl (C=O) groups excluding carboxylic acids is 12. The van der Waals surface area contributed by atoms with Crippen LogP contribution in [0.1, 0.15) is 215 Å². The van der Waals surface area contributed by atoms with Crippen LogP contribution in [-0.2, 0) is 64.3 Å². The van der Waals surface area contributed by atoms with E-state index in [1.807, 2.05) is 177 Å². The normalized spacial score (nSPS) is 13.1. The summed E-state index contributed by atoms with van der Waals surface area (Å²) in [7, 11) is 0.